The zero-order valence-corrected chi connectivity index (χ0v) is 7.81. The first kappa shape index (κ1) is 7.37. The molecule has 1 nitrogen and oxygen atoms in total. The second-order valence-electron chi connectivity index (χ2n) is 5.16. The van der Waals surface area contributed by atoms with Crippen molar-refractivity contribution in [2.24, 2.45) is 22.5 Å². The summed E-state index contributed by atoms with van der Waals surface area (Å²) < 4.78 is 0. The quantitative estimate of drug-likeness (QED) is 0.634. The predicted octanol–water partition coefficient (Wildman–Crippen LogP) is 2.31. The molecular formula is C11H19N. The van der Waals surface area contributed by atoms with Gasteiger partial charge in [0.1, 0.15) is 0 Å². The first-order chi connectivity index (χ1) is 5.86. The standard InChI is InChI=1S/C11H19N/c12-8-9-10-4-1-2-5-11(9,10)7-3-6-10/h9H,1-8,12H2. The van der Waals surface area contributed by atoms with E-state index in [-0.39, 0.29) is 0 Å². The highest BCUT2D eigenvalue weighted by Gasteiger charge is 2.76. The van der Waals surface area contributed by atoms with Crippen LogP contribution >= 0.6 is 0 Å². The fraction of sp³-hybridized carbons (Fsp3) is 1.00. The smallest absolute Gasteiger partial charge is 0.00378 e. The molecule has 0 aromatic rings. The van der Waals surface area contributed by atoms with Gasteiger partial charge in [0.2, 0.25) is 0 Å². The van der Waals surface area contributed by atoms with Crippen molar-refractivity contribution < 1.29 is 0 Å². The summed E-state index contributed by atoms with van der Waals surface area (Å²) in [6.45, 7) is 0.972. The zero-order valence-electron chi connectivity index (χ0n) is 7.81. The summed E-state index contributed by atoms with van der Waals surface area (Å²) >= 11 is 0. The van der Waals surface area contributed by atoms with E-state index in [2.05, 4.69) is 0 Å². The fourth-order valence-corrected chi connectivity index (χ4v) is 4.83. The summed E-state index contributed by atoms with van der Waals surface area (Å²) in [6, 6.07) is 0. The largest absolute Gasteiger partial charge is 0.330 e. The molecule has 0 radical (unpaired) electrons. The molecule has 0 heterocycles. The summed E-state index contributed by atoms with van der Waals surface area (Å²) in [5, 5.41) is 0. The van der Waals surface area contributed by atoms with E-state index in [0.717, 1.165) is 23.3 Å². The molecule has 0 aromatic heterocycles. The monoisotopic (exact) mass is 165 g/mol. The first-order valence-corrected chi connectivity index (χ1v) is 5.56. The second-order valence-corrected chi connectivity index (χ2v) is 5.16. The maximum Gasteiger partial charge on any atom is -0.00378 e. The van der Waals surface area contributed by atoms with E-state index in [4.69, 9.17) is 5.73 Å². The van der Waals surface area contributed by atoms with Gasteiger partial charge in [0.15, 0.2) is 0 Å². The number of nitrogens with two attached hydrogens (primary N) is 1. The van der Waals surface area contributed by atoms with Crippen LogP contribution in [-0.4, -0.2) is 6.54 Å². The highest BCUT2D eigenvalue weighted by atomic mass is 14.8. The Labute approximate surface area is 74.7 Å². The van der Waals surface area contributed by atoms with Crippen LogP contribution in [0.15, 0.2) is 0 Å². The molecule has 0 amide bonds. The molecule has 0 saturated heterocycles. The van der Waals surface area contributed by atoms with Gasteiger partial charge in [0, 0.05) is 0 Å². The topological polar surface area (TPSA) is 26.0 Å². The van der Waals surface area contributed by atoms with E-state index in [1.165, 1.54) is 44.9 Å². The lowest BCUT2D eigenvalue weighted by Crippen LogP contribution is -2.12. The molecule has 0 aliphatic heterocycles. The minimum absolute atomic E-state index is 0.778. The van der Waals surface area contributed by atoms with Gasteiger partial charge in [0.05, 0.1) is 0 Å². The van der Waals surface area contributed by atoms with Crippen LogP contribution in [0.4, 0.5) is 0 Å². The van der Waals surface area contributed by atoms with Crippen molar-refractivity contribution in [1.82, 2.24) is 0 Å². The van der Waals surface area contributed by atoms with Gasteiger partial charge in [-0.1, -0.05) is 19.3 Å². The Morgan fingerprint density at radius 3 is 1.92 bits per heavy atom. The van der Waals surface area contributed by atoms with Gasteiger partial charge in [-0.05, 0) is 49.0 Å². The molecule has 3 rings (SSSR count). The Morgan fingerprint density at radius 1 is 0.917 bits per heavy atom. The Hall–Kier alpha value is -0.0400. The summed E-state index contributed by atoms with van der Waals surface area (Å²) in [7, 11) is 0. The molecule has 3 fully saturated rings. The lowest BCUT2D eigenvalue weighted by atomic mass is 9.82. The van der Waals surface area contributed by atoms with Gasteiger partial charge >= 0.3 is 0 Å². The molecule has 0 spiro atoms. The Kier molecular flexibility index (Phi) is 1.27. The Balaban J connectivity index is 1.94. The van der Waals surface area contributed by atoms with Gasteiger partial charge in [0.25, 0.3) is 0 Å². The van der Waals surface area contributed by atoms with Gasteiger partial charge < -0.3 is 5.73 Å². The van der Waals surface area contributed by atoms with E-state index < -0.39 is 0 Å². The van der Waals surface area contributed by atoms with Crippen molar-refractivity contribution in [3.05, 3.63) is 0 Å². The van der Waals surface area contributed by atoms with Gasteiger partial charge in [-0.25, -0.2) is 0 Å². The van der Waals surface area contributed by atoms with Crippen LogP contribution in [0.2, 0.25) is 0 Å². The van der Waals surface area contributed by atoms with E-state index >= 15 is 0 Å². The van der Waals surface area contributed by atoms with Gasteiger partial charge in [-0.3, -0.25) is 0 Å². The minimum atomic E-state index is 0.778. The normalized spacial score (nSPS) is 56.2. The average molecular weight is 165 g/mol. The molecule has 12 heavy (non-hydrogen) atoms. The molecule has 2 N–H and O–H groups in total. The molecule has 2 atom stereocenters. The van der Waals surface area contributed by atoms with Crippen molar-refractivity contribution in [2.75, 3.05) is 6.54 Å². The van der Waals surface area contributed by atoms with Crippen molar-refractivity contribution in [3.8, 4) is 0 Å². The van der Waals surface area contributed by atoms with E-state index in [9.17, 15) is 0 Å². The summed E-state index contributed by atoms with van der Waals surface area (Å²) in [5.41, 5.74) is 7.43. The van der Waals surface area contributed by atoms with Crippen molar-refractivity contribution in [2.45, 2.75) is 44.9 Å². The number of hydrogen-bond donors (Lipinski definition) is 1. The van der Waals surface area contributed by atoms with Crippen molar-refractivity contribution in [3.63, 3.8) is 0 Å². The molecule has 0 aromatic carbocycles. The SMILES string of the molecule is NCC1C23CCCCC12CCC3. The number of hydrogen-bond acceptors (Lipinski definition) is 1. The second kappa shape index (κ2) is 2.06. The Morgan fingerprint density at radius 2 is 1.42 bits per heavy atom. The molecule has 3 aliphatic carbocycles. The van der Waals surface area contributed by atoms with E-state index in [1.807, 2.05) is 0 Å². The van der Waals surface area contributed by atoms with E-state index in [0.29, 0.717) is 0 Å². The van der Waals surface area contributed by atoms with Crippen LogP contribution in [0, 0.1) is 16.7 Å². The van der Waals surface area contributed by atoms with E-state index in [1.54, 1.807) is 0 Å². The first-order valence-electron chi connectivity index (χ1n) is 5.56. The Bertz CT molecular complexity index is 193. The maximum atomic E-state index is 5.87. The average Bonchev–Trinajstić information content (AvgIpc) is 2.45. The maximum absolute atomic E-state index is 5.87. The lowest BCUT2D eigenvalue weighted by molar-refractivity contribution is 0.277. The third-order valence-corrected chi connectivity index (χ3v) is 5.22. The molecular weight excluding hydrogens is 146 g/mol. The van der Waals surface area contributed by atoms with Crippen LogP contribution in [0.25, 0.3) is 0 Å². The van der Waals surface area contributed by atoms with Crippen LogP contribution < -0.4 is 5.73 Å². The van der Waals surface area contributed by atoms with Crippen molar-refractivity contribution in [1.29, 1.82) is 0 Å². The van der Waals surface area contributed by atoms with Gasteiger partial charge in [-0.15, -0.1) is 0 Å². The highest BCUT2D eigenvalue weighted by Crippen LogP contribution is 2.82. The molecule has 3 saturated carbocycles. The number of rotatable bonds is 1. The molecule has 1 heteroatoms. The van der Waals surface area contributed by atoms with Crippen LogP contribution in [0.5, 0.6) is 0 Å². The molecule has 2 unspecified atom stereocenters. The predicted molar refractivity (Wildman–Crippen MR) is 49.7 cm³/mol. The third-order valence-electron chi connectivity index (χ3n) is 5.22. The minimum Gasteiger partial charge on any atom is -0.330 e. The van der Waals surface area contributed by atoms with Crippen molar-refractivity contribution >= 4 is 0 Å². The fourth-order valence-electron chi connectivity index (χ4n) is 4.83. The highest BCUT2D eigenvalue weighted by molar-refractivity contribution is 5.25. The molecule has 3 aliphatic rings. The van der Waals surface area contributed by atoms with Crippen LogP contribution in [0.1, 0.15) is 44.9 Å². The zero-order chi connectivity index (χ0) is 8.23. The van der Waals surface area contributed by atoms with Gasteiger partial charge in [-0.2, -0.15) is 0 Å². The summed E-state index contributed by atoms with van der Waals surface area (Å²) in [4.78, 5) is 0. The van der Waals surface area contributed by atoms with Crippen LogP contribution in [0.3, 0.4) is 0 Å². The molecule has 0 bridgehead atoms. The summed E-state index contributed by atoms with van der Waals surface area (Å²) in [5.74, 6) is 0.932. The third kappa shape index (κ3) is 0.555. The lowest BCUT2D eigenvalue weighted by Gasteiger charge is -2.23. The van der Waals surface area contributed by atoms with Crippen LogP contribution in [-0.2, 0) is 0 Å². The molecule has 68 valence electrons. The summed E-state index contributed by atoms with van der Waals surface area (Å²) in [6.07, 6.45) is 10.5.